The van der Waals surface area contributed by atoms with Crippen molar-refractivity contribution in [3.63, 3.8) is 0 Å². The number of carbonyl (C=O) groups is 1. The van der Waals surface area contributed by atoms with Crippen LogP contribution in [-0.4, -0.2) is 29.1 Å². The molecular weight excluding hydrogens is 168 g/mol. The lowest BCUT2D eigenvalue weighted by Gasteiger charge is -2.13. The molecule has 1 fully saturated rings. The van der Waals surface area contributed by atoms with E-state index in [4.69, 9.17) is 4.52 Å². The third-order valence-corrected chi connectivity index (χ3v) is 2.37. The number of likely N-dealkylation sites (tertiary alicyclic amines) is 1. The third kappa shape index (κ3) is 1.43. The summed E-state index contributed by atoms with van der Waals surface area (Å²) >= 11 is 0. The zero-order valence-electron chi connectivity index (χ0n) is 7.62. The zero-order valence-corrected chi connectivity index (χ0v) is 7.62. The molecule has 0 spiro atoms. The van der Waals surface area contributed by atoms with Gasteiger partial charge in [-0.2, -0.15) is 0 Å². The van der Waals surface area contributed by atoms with Gasteiger partial charge in [-0.3, -0.25) is 4.79 Å². The van der Waals surface area contributed by atoms with Crippen molar-refractivity contribution in [1.82, 2.24) is 10.1 Å². The fraction of sp³-hybridized carbons (Fsp3) is 0.556. The Morgan fingerprint density at radius 3 is 2.77 bits per heavy atom. The van der Waals surface area contributed by atoms with E-state index in [1.54, 1.807) is 6.92 Å². The van der Waals surface area contributed by atoms with E-state index in [1.807, 2.05) is 4.90 Å². The maximum absolute atomic E-state index is 11.8. The SMILES string of the molecule is Cc1nocc1C(=O)N1CCCC1. The van der Waals surface area contributed by atoms with Crippen LogP contribution >= 0.6 is 0 Å². The number of amides is 1. The fourth-order valence-corrected chi connectivity index (χ4v) is 1.59. The van der Waals surface area contributed by atoms with Crippen molar-refractivity contribution in [2.24, 2.45) is 0 Å². The van der Waals surface area contributed by atoms with Gasteiger partial charge in [-0.25, -0.2) is 0 Å². The molecule has 0 aliphatic carbocycles. The lowest BCUT2D eigenvalue weighted by molar-refractivity contribution is 0.0791. The quantitative estimate of drug-likeness (QED) is 0.652. The summed E-state index contributed by atoms with van der Waals surface area (Å²) in [6.07, 6.45) is 3.64. The minimum Gasteiger partial charge on any atom is -0.364 e. The topological polar surface area (TPSA) is 46.3 Å². The molecule has 0 radical (unpaired) electrons. The molecule has 0 unspecified atom stereocenters. The first-order chi connectivity index (χ1) is 6.29. The summed E-state index contributed by atoms with van der Waals surface area (Å²) in [6.45, 7) is 3.51. The summed E-state index contributed by atoms with van der Waals surface area (Å²) in [5.74, 6) is 0.0521. The number of aryl methyl sites for hydroxylation is 1. The summed E-state index contributed by atoms with van der Waals surface area (Å²) < 4.78 is 4.73. The van der Waals surface area contributed by atoms with Crippen molar-refractivity contribution in [2.45, 2.75) is 19.8 Å². The van der Waals surface area contributed by atoms with Crippen molar-refractivity contribution in [3.05, 3.63) is 17.5 Å². The third-order valence-electron chi connectivity index (χ3n) is 2.37. The van der Waals surface area contributed by atoms with E-state index in [-0.39, 0.29) is 5.91 Å². The van der Waals surface area contributed by atoms with Crippen molar-refractivity contribution in [2.75, 3.05) is 13.1 Å². The normalized spacial score (nSPS) is 16.5. The molecule has 2 rings (SSSR count). The molecule has 0 atom stereocenters. The fourth-order valence-electron chi connectivity index (χ4n) is 1.59. The number of hydrogen-bond acceptors (Lipinski definition) is 3. The Morgan fingerprint density at radius 2 is 2.23 bits per heavy atom. The van der Waals surface area contributed by atoms with Gasteiger partial charge in [0.25, 0.3) is 5.91 Å². The van der Waals surface area contributed by atoms with E-state index in [1.165, 1.54) is 6.26 Å². The average molecular weight is 180 g/mol. The van der Waals surface area contributed by atoms with Crippen molar-refractivity contribution in [1.29, 1.82) is 0 Å². The lowest BCUT2D eigenvalue weighted by Crippen LogP contribution is -2.27. The van der Waals surface area contributed by atoms with Crippen LogP contribution in [0.25, 0.3) is 0 Å². The molecule has 1 aliphatic rings. The Labute approximate surface area is 76.5 Å². The lowest BCUT2D eigenvalue weighted by atomic mass is 10.2. The molecule has 2 heterocycles. The molecule has 4 nitrogen and oxygen atoms in total. The molecule has 1 amide bonds. The molecule has 1 saturated heterocycles. The summed E-state index contributed by atoms with van der Waals surface area (Å²) in [7, 11) is 0. The van der Waals surface area contributed by atoms with Crippen LogP contribution in [0.4, 0.5) is 0 Å². The van der Waals surface area contributed by atoms with Gasteiger partial charge in [0.05, 0.1) is 5.69 Å². The van der Waals surface area contributed by atoms with Crippen LogP contribution in [0.1, 0.15) is 28.9 Å². The Balaban J connectivity index is 2.17. The highest BCUT2D eigenvalue weighted by Crippen LogP contribution is 2.14. The van der Waals surface area contributed by atoms with Crippen LogP contribution in [-0.2, 0) is 0 Å². The highest BCUT2D eigenvalue weighted by molar-refractivity contribution is 5.94. The van der Waals surface area contributed by atoms with Gasteiger partial charge in [-0.1, -0.05) is 5.16 Å². The van der Waals surface area contributed by atoms with Crippen LogP contribution in [0.15, 0.2) is 10.8 Å². The van der Waals surface area contributed by atoms with Gasteiger partial charge < -0.3 is 9.42 Å². The van der Waals surface area contributed by atoms with Crippen LogP contribution in [0, 0.1) is 6.92 Å². The minimum absolute atomic E-state index is 0.0521. The van der Waals surface area contributed by atoms with Crippen LogP contribution in [0.3, 0.4) is 0 Å². The zero-order chi connectivity index (χ0) is 9.26. The summed E-state index contributed by atoms with van der Waals surface area (Å²) in [4.78, 5) is 13.6. The van der Waals surface area contributed by atoms with Crippen molar-refractivity contribution in [3.8, 4) is 0 Å². The highest BCUT2D eigenvalue weighted by Gasteiger charge is 2.22. The van der Waals surface area contributed by atoms with E-state index in [9.17, 15) is 4.79 Å². The molecule has 0 N–H and O–H groups in total. The predicted octanol–water partition coefficient (Wildman–Crippen LogP) is 1.22. The standard InChI is InChI=1S/C9H12N2O2/c1-7-8(6-13-10-7)9(12)11-4-2-3-5-11/h6H,2-5H2,1H3. The van der Waals surface area contributed by atoms with Gasteiger partial charge in [0.15, 0.2) is 0 Å². The Bertz CT molecular complexity index is 313. The molecular formula is C9H12N2O2. The van der Waals surface area contributed by atoms with E-state index >= 15 is 0 Å². The van der Waals surface area contributed by atoms with E-state index in [2.05, 4.69) is 5.16 Å². The molecule has 4 heteroatoms. The van der Waals surface area contributed by atoms with Gasteiger partial charge in [0, 0.05) is 13.1 Å². The Hall–Kier alpha value is -1.32. The summed E-state index contributed by atoms with van der Waals surface area (Å²) in [5, 5.41) is 3.69. The molecule has 13 heavy (non-hydrogen) atoms. The van der Waals surface area contributed by atoms with Crippen LogP contribution < -0.4 is 0 Å². The summed E-state index contributed by atoms with van der Waals surface area (Å²) in [5.41, 5.74) is 1.28. The smallest absolute Gasteiger partial charge is 0.259 e. The number of nitrogens with zero attached hydrogens (tertiary/aromatic N) is 2. The monoisotopic (exact) mass is 180 g/mol. The van der Waals surface area contributed by atoms with E-state index in [0.29, 0.717) is 11.3 Å². The van der Waals surface area contributed by atoms with E-state index < -0.39 is 0 Å². The number of hydrogen-bond donors (Lipinski definition) is 0. The number of carbonyl (C=O) groups excluding carboxylic acids is 1. The minimum atomic E-state index is 0.0521. The molecule has 0 bridgehead atoms. The van der Waals surface area contributed by atoms with Crippen LogP contribution in [0.2, 0.25) is 0 Å². The first-order valence-electron chi connectivity index (χ1n) is 4.49. The van der Waals surface area contributed by atoms with Crippen molar-refractivity contribution >= 4 is 5.91 Å². The molecule has 0 aromatic carbocycles. The van der Waals surface area contributed by atoms with E-state index in [0.717, 1.165) is 25.9 Å². The maximum atomic E-state index is 11.8. The van der Waals surface area contributed by atoms with Gasteiger partial charge >= 0.3 is 0 Å². The largest absolute Gasteiger partial charge is 0.364 e. The predicted molar refractivity (Wildman–Crippen MR) is 46.4 cm³/mol. The van der Waals surface area contributed by atoms with Gasteiger partial charge in [-0.05, 0) is 19.8 Å². The Kier molecular flexibility index (Phi) is 2.04. The molecule has 0 saturated carbocycles. The second-order valence-corrected chi connectivity index (χ2v) is 3.31. The molecule has 1 aliphatic heterocycles. The van der Waals surface area contributed by atoms with Gasteiger partial charge in [-0.15, -0.1) is 0 Å². The summed E-state index contributed by atoms with van der Waals surface area (Å²) in [6, 6.07) is 0. The maximum Gasteiger partial charge on any atom is 0.259 e. The highest BCUT2D eigenvalue weighted by atomic mass is 16.5. The molecule has 1 aromatic rings. The first kappa shape index (κ1) is 8.29. The Morgan fingerprint density at radius 1 is 1.54 bits per heavy atom. The van der Waals surface area contributed by atoms with Crippen LogP contribution in [0.5, 0.6) is 0 Å². The van der Waals surface area contributed by atoms with Crippen molar-refractivity contribution < 1.29 is 9.32 Å². The average Bonchev–Trinajstić information content (AvgIpc) is 2.72. The van der Waals surface area contributed by atoms with Gasteiger partial charge in [0.1, 0.15) is 11.8 Å². The first-order valence-corrected chi connectivity index (χ1v) is 4.49. The second-order valence-electron chi connectivity index (χ2n) is 3.31. The number of aromatic nitrogens is 1. The second kappa shape index (κ2) is 3.20. The molecule has 70 valence electrons. The van der Waals surface area contributed by atoms with Gasteiger partial charge in [0.2, 0.25) is 0 Å². The number of rotatable bonds is 1. The molecule has 1 aromatic heterocycles.